The number of rotatable bonds is 11. The number of carbonyl (C=O) groups excluding carboxylic acids is 2. The summed E-state index contributed by atoms with van der Waals surface area (Å²) in [6, 6.07) is 16.9. The molecule has 0 saturated heterocycles. The van der Waals surface area contributed by atoms with E-state index in [2.05, 4.69) is 5.32 Å². The Kier molecular flexibility index (Phi) is 10.4. The predicted molar refractivity (Wildman–Crippen MR) is 166 cm³/mol. The second-order valence-electron chi connectivity index (χ2n) is 10.4. The van der Waals surface area contributed by atoms with E-state index in [1.165, 1.54) is 24.1 Å². The number of hydrogen-bond acceptors (Lipinski definition) is 5. The van der Waals surface area contributed by atoms with E-state index in [-0.39, 0.29) is 29.1 Å². The van der Waals surface area contributed by atoms with Gasteiger partial charge in [-0.15, -0.1) is 0 Å². The van der Waals surface area contributed by atoms with E-state index in [1.54, 1.807) is 61.5 Å². The van der Waals surface area contributed by atoms with E-state index >= 15 is 0 Å². The molecule has 1 fully saturated rings. The minimum absolute atomic E-state index is 0.0232. The molecule has 1 saturated carbocycles. The average Bonchev–Trinajstić information content (AvgIpc) is 3.48. The summed E-state index contributed by atoms with van der Waals surface area (Å²) in [5.41, 5.74) is 1.71. The number of sulfonamides is 1. The quantitative estimate of drug-likeness (QED) is 0.281. The highest BCUT2D eigenvalue weighted by atomic mass is 35.5. The van der Waals surface area contributed by atoms with Gasteiger partial charge in [-0.2, -0.15) is 0 Å². The summed E-state index contributed by atoms with van der Waals surface area (Å²) < 4.78 is 34.3. The van der Waals surface area contributed by atoms with Gasteiger partial charge in [0, 0.05) is 28.7 Å². The van der Waals surface area contributed by atoms with Crippen LogP contribution in [0.4, 0.5) is 5.69 Å². The highest BCUT2D eigenvalue weighted by Crippen LogP contribution is 2.29. The SMILES string of the molecule is COc1cccc(N(CC(=O)N(Cc2ccc(Cl)cc2Cl)[C@H](C)C(=O)NC2CCCC2)S(=O)(=O)c2ccc(C)cc2)c1. The lowest BCUT2D eigenvalue weighted by Gasteiger charge is -2.32. The van der Waals surface area contributed by atoms with Gasteiger partial charge in [0.2, 0.25) is 11.8 Å². The molecule has 42 heavy (non-hydrogen) atoms. The van der Waals surface area contributed by atoms with E-state index in [9.17, 15) is 18.0 Å². The van der Waals surface area contributed by atoms with Crippen molar-refractivity contribution in [3.63, 3.8) is 0 Å². The second-order valence-corrected chi connectivity index (χ2v) is 13.2. The van der Waals surface area contributed by atoms with Gasteiger partial charge >= 0.3 is 0 Å². The van der Waals surface area contributed by atoms with Crippen LogP contribution in [-0.4, -0.2) is 50.9 Å². The molecule has 1 aliphatic carbocycles. The van der Waals surface area contributed by atoms with Crippen LogP contribution in [0.3, 0.4) is 0 Å². The third kappa shape index (κ3) is 7.56. The van der Waals surface area contributed by atoms with Gasteiger partial charge in [-0.25, -0.2) is 8.42 Å². The first-order valence-corrected chi connectivity index (χ1v) is 16.0. The van der Waals surface area contributed by atoms with Crippen LogP contribution in [0.2, 0.25) is 10.0 Å². The topological polar surface area (TPSA) is 96.0 Å². The summed E-state index contributed by atoms with van der Waals surface area (Å²) in [5.74, 6) is -0.457. The lowest BCUT2D eigenvalue weighted by Crippen LogP contribution is -2.52. The van der Waals surface area contributed by atoms with Crippen molar-refractivity contribution in [2.24, 2.45) is 0 Å². The van der Waals surface area contributed by atoms with E-state index in [1.807, 2.05) is 6.92 Å². The third-order valence-corrected chi connectivity index (χ3v) is 9.83. The number of ether oxygens (including phenoxy) is 1. The van der Waals surface area contributed by atoms with Gasteiger partial charge in [-0.3, -0.25) is 13.9 Å². The van der Waals surface area contributed by atoms with Crippen molar-refractivity contribution in [1.82, 2.24) is 10.2 Å². The molecule has 1 N–H and O–H groups in total. The summed E-state index contributed by atoms with van der Waals surface area (Å²) in [6.45, 7) is 2.91. The first-order valence-electron chi connectivity index (χ1n) is 13.8. The highest BCUT2D eigenvalue weighted by Gasteiger charge is 2.33. The van der Waals surface area contributed by atoms with Gasteiger partial charge in [-0.05, 0) is 68.7 Å². The van der Waals surface area contributed by atoms with Gasteiger partial charge in [0.15, 0.2) is 0 Å². The smallest absolute Gasteiger partial charge is 0.264 e. The molecule has 2 amide bonds. The molecule has 0 aromatic heterocycles. The predicted octanol–water partition coefficient (Wildman–Crippen LogP) is 5.98. The fraction of sp³-hybridized carbons (Fsp3) is 0.355. The molecule has 1 atom stereocenters. The zero-order valence-corrected chi connectivity index (χ0v) is 26.2. The molecule has 0 unspecified atom stereocenters. The Morgan fingerprint density at radius 2 is 1.71 bits per heavy atom. The maximum absolute atomic E-state index is 14.1. The summed E-state index contributed by atoms with van der Waals surface area (Å²) in [4.78, 5) is 28.9. The van der Waals surface area contributed by atoms with E-state index in [0.29, 0.717) is 21.4 Å². The zero-order chi connectivity index (χ0) is 30.4. The Morgan fingerprint density at radius 1 is 1.02 bits per heavy atom. The lowest BCUT2D eigenvalue weighted by molar-refractivity contribution is -0.139. The lowest BCUT2D eigenvalue weighted by atomic mass is 10.1. The Labute approximate surface area is 257 Å². The van der Waals surface area contributed by atoms with Crippen molar-refractivity contribution >= 4 is 50.7 Å². The average molecular weight is 633 g/mol. The molecule has 0 aliphatic heterocycles. The molecule has 224 valence electrons. The first kappa shape index (κ1) is 31.7. The molecule has 0 bridgehead atoms. The van der Waals surface area contributed by atoms with Crippen molar-refractivity contribution in [2.75, 3.05) is 18.0 Å². The second kappa shape index (κ2) is 13.8. The minimum Gasteiger partial charge on any atom is -0.497 e. The largest absolute Gasteiger partial charge is 0.497 e. The summed E-state index contributed by atoms with van der Waals surface area (Å²) >= 11 is 12.5. The molecule has 0 radical (unpaired) electrons. The van der Waals surface area contributed by atoms with Gasteiger partial charge in [0.05, 0.1) is 17.7 Å². The Hall–Kier alpha value is -3.27. The monoisotopic (exact) mass is 631 g/mol. The first-order chi connectivity index (χ1) is 20.0. The van der Waals surface area contributed by atoms with Crippen LogP contribution in [0.1, 0.15) is 43.7 Å². The standard InChI is InChI=1S/C31H35Cl2N3O5S/c1-21-11-15-28(16-12-21)42(39,40)36(26-9-6-10-27(18-26)41-3)20-30(37)35(19-23-13-14-24(32)17-29(23)33)22(2)31(38)34-25-7-4-5-8-25/h6,9-18,22,25H,4-5,7-8,19-20H2,1-3H3,(H,34,38)/t22-/m1/s1. The van der Waals surface area contributed by atoms with Gasteiger partial charge in [0.1, 0.15) is 18.3 Å². The Morgan fingerprint density at radius 3 is 2.36 bits per heavy atom. The molecule has 8 nitrogen and oxygen atoms in total. The van der Waals surface area contributed by atoms with Crippen LogP contribution in [-0.2, 0) is 26.2 Å². The number of nitrogens with one attached hydrogen (secondary N) is 1. The van der Waals surface area contributed by atoms with E-state index in [4.69, 9.17) is 27.9 Å². The number of nitrogens with zero attached hydrogens (tertiary/aromatic N) is 2. The maximum atomic E-state index is 14.1. The van der Waals surface area contributed by atoms with Crippen LogP contribution >= 0.6 is 23.2 Å². The summed E-state index contributed by atoms with van der Waals surface area (Å²) in [6.07, 6.45) is 3.84. The van der Waals surface area contributed by atoms with Crippen LogP contribution in [0, 0.1) is 6.92 Å². The minimum atomic E-state index is -4.19. The third-order valence-electron chi connectivity index (χ3n) is 7.45. The Balaban J connectivity index is 1.72. The van der Waals surface area contributed by atoms with E-state index in [0.717, 1.165) is 35.6 Å². The van der Waals surface area contributed by atoms with Crippen LogP contribution < -0.4 is 14.4 Å². The molecule has 3 aromatic carbocycles. The van der Waals surface area contributed by atoms with E-state index < -0.39 is 28.5 Å². The molecule has 3 aromatic rings. The van der Waals surface area contributed by atoms with Crippen molar-refractivity contribution in [3.8, 4) is 5.75 Å². The van der Waals surface area contributed by atoms with Crippen molar-refractivity contribution < 1.29 is 22.7 Å². The van der Waals surface area contributed by atoms with Crippen LogP contribution in [0.25, 0.3) is 0 Å². The molecule has 1 aliphatic rings. The number of anilines is 1. The molecule has 4 rings (SSSR count). The molecule has 0 heterocycles. The highest BCUT2D eigenvalue weighted by molar-refractivity contribution is 7.92. The molecular weight excluding hydrogens is 597 g/mol. The normalized spacial score (nSPS) is 14.3. The number of hydrogen-bond donors (Lipinski definition) is 1. The fourth-order valence-electron chi connectivity index (χ4n) is 4.94. The zero-order valence-electron chi connectivity index (χ0n) is 23.8. The molecule has 11 heteroatoms. The van der Waals surface area contributed by atoms with Gasteiger partial charge in [0.25, 0.3) is 10.0 Å². The maximum Gasteiger partial charge on any atom is 0.264 e. The molecular formula is C31H35Cl2N3O5S. The number of benzene rings is 3. The number of aryl methyl sites for hydroxylation is 1. The van der Waals surface area contributed by atoms with Crippen molar-refractivity contribution in [1.29, 1.82) is 0 Å². The number of halogens is 2. The van der Waals surface area contributed by atoms with Crippen molar-refractivity contribution in [2.45, 2.75) is 63.1 Å². The summed E-state index contributed by atoms with van der Waals surface area (Å²) in [5, 5.41) is 3.82. The number of methoxy groups -OCH3 is 1. The van der Waals surface area contributed by atoms with Crippen molar-refractivity contribution in [3.05, 3.63) is 87.9 Å². The van der Waals surface area contributed by atoms with Gasteiger partial charge in [-0.1, -0.05) is 65.9 Å². The van der Waals surface area contributed by atoms with Gasteiger partial charge < -0.3 is 15.0 Å². The van der Waals surface area contributed by atoms with Crippen LogP contribution in [0.5, 0.6) is 5.75 Å². The van der Waals surface area contributed by atoms with Crippen LogP contribution in [0.15, 0.2) is 71.6 Å². The summed E-state index contributed by atoms with van der Waals surface area (Å²) in [7, 11) is -2.71. The molecule has 0 spiro atoms. The number of amides is 2. The number of carbonyl (C=O) groups is 2. The Bertz CT molecular complexity index is 1530. The fourth-order valence-corrected chi connectivity index (χ4v) is 6.81.